The van der Waals surface area contributed by atoms with E-state index < -0.39 is 59.3 Å². The van der Waals surface area contributed by atoms with E-state index in [0.29, 0.717) is 0 Å². The zero-order valence-corrected chi connectivity index (χ0v) is 17.7. The van der Waals surface area contributed by atoms with Crippen LogP contribution in [0, 0.1) is 0 Å². The molecule has 0 bridgehead atoms. The summed E-state index contributed by atoms with van der Waals surface area (Å²) in [4.78, 5) is 0. The zero-order valence-electron chi connectivity index (χ0n) is 16.8. The van der Waals surface area contributed by atoms with Gasteiger partial charge in [0.05, 0.1) is 26.2 Å². The van der Waals surface area contributed by atoms with E-state index in [1.807, 2.05) is 0 Å². The Bertz CT molecular complexity index is 545. The summed E-state index contributed by atoms with van der Waals surface area (Å²) in [5, 5.41) is -6.18. The van der Waals surface area contributed by atoms with Gasteiger partial charge in [0.15, 0.2) is 16.3 Å². The van der Waals surface area contributed by atoms with Crippen molar-refractivity contribution in [1.29, 1.82) is 0 Å². The maximum Gasteiger partial charge on any atom is 0.399 e. The fraction of sp³-hybridized carbons (Fsp3) is 1.00. The van der Waals surface area contributed by atoms with Crippen LogP contribution in [0.15, 0.2) is 0 Å². The molecule has 0 saturated heterocycles. The summed E-state index contributed by atoms with van der Waals surface area (Å²) in [6.07, 6.45) is -12.9. The molecule has 0 heterocycles. The molecule has 4 nitrogen and oxygen atoms in total. The Morgan fingerprint density at radius 2 is 1.21 bits per heavy atom. The van der Waals surface area contributed by atoms with E-state index in [1.54, 1.807) is 0 Å². The molecule has 29 heavy (non-hydrogen) atoms. The van der Waals surface area contributed by atoms with Crippen LogP contribution in [-0.4, -0.2) is 67.2 Å². The molecule has 1 atom stereocenters. The third-order valence-corrected chi connectivity index (χ3v) is 5.85. The number of nitrogens with zero attached hydrogens (tertiary/aromatic N) is 1. The highest BCUT2D eigenvalue weighted by atomic mass is 32.2. The lowest BCUT2D eigenvalue weighted by Gasteiger charge is -2.34. The van der Waals surface area contributed by atoms with Crippen molar-refractivity contribution in [2.45, 2.75) is 76.9 Å². The van der Waals surface area contributed by atoms with Gasteiger partial charge in [-0.3, -0.25) is 0 Å². The van der Waals surface area contributed by atoms with E-state index in [1.165, 1.54) is 30.7 Å². The van der Waals surface area contributed by atoms with Gasteiger partial charge in [-0.15, -0.1) is 0 Å². The van der Waals surface area contributed by atoms with E-state index in [4.69, 9.17) is 0 Å². The van der Waals surface area contributed by atoms with Crippen molar-refractivity contribution >= 4 is 10.1 Å². The molecular formula is C16H29F8NO3S. The Morgan fingerprint density at radius 1 is 0.828 bits per heavy atom. The summed E-state index contributed by atoms with van der Waals surface area (Å²) in [6, 6.07) is 0. The van der Waals surface area contributed by atoms with E-state index >= 15 is 0 Å². The molecule has 1 unspecified atom stereocenters. The Hall–Kier alpha value is -0.690. The molecule has 0 amide bonds. The van der Waals surface area contributed by atoms with Gasteiger partial charge in [-0.2, -0.15) is 30.7 Å². The molecule has 0 spiro atoms. The molecule has 0 fully saturated rings. The first-order valence-corrected chi connectivity index (χ1v) is 10.5. The monoisotopic (exact) mass is 467 g/mol. The summed E-state index contributed by atoms with van der Waals surface area (Å²) in [5.41, 5.74) is 0. The molecule has 0 aromatic carbocycles. The maximum absolute atomic E-state index is 12.9. The van der Waals surface area contributed by atoms with Crippen molar-refractivity contribution in [1.82, 2.24) is 0 Å². The fourth-order valence-electron chi connectivity index (χ4n) is 2.52. The largest absolute Gasteiger partial charge is 0.743 e. The zero-order chi connectivity index (χ0) is 23.7. The number of quaternary nitrogens is 1. The summed E-state index contributed by atoms with van der Waals surface area (Å²) in [6.45, 7) is 14.2. The van der Waals surface area contributed by atoms with E-state index in [9.17, 15) is 48.1 Å². The number of hydrogen-bond acceptors (Lipinski definition) is 3. The Morgan fingerprint density at radius 3 is 1.45 bits per heavy atom. The highest BCUT2D eigenvalue weighted by molar-refractivity contribution is 7.86. The fourth-order valence-corrected chi connectivity index (χ4v) is 2.98. The second kappa shape index (κ2) is 11.6. The highest BCUT2D eigenvalue weighted by Crippen LogP contribution is 2.43. The standard InChI is InChI=1S/C8H10F8O3S.C8H20N/c9-5(3-1-2-4-6(10,11)12)7(13,14)8(15,16)20(17,18)19;1-5-9(6-2,7-3)8-4/h5H,1-4H2,(H,17,18,19);5-8H2,1-4H3/q;+1/p-1. The van der Waals surface area contributed by atoms with Crippen molar-refractivity contribution in [3.8, 4) is 0 Å². The van der Waals surface area contributed by atoms with Crippen molar-refractivity contribution in [2.75, 3.05) is 26.2 Å². The normalized spacial score (nSPS) is 14.9. The predicted octanol–water partition coefficient (Wildman–Crippen LogP) is 5.10. The first-order valence-electron chi connectivity index (χ1n) is 9.14. The first kappa shape index (κ1) is 30.5. The van der Waals surface area contributed by atoms with Crippen molar-refractivity contribution in [3.63, 3.8) is 0 Å². The van der Waals surface area contributed by atoms with E-state index in [2.05, 4.69) is 27.7 Å². The summed E-state index contributed by atoms with van der Waals surface area (Å²) < 4.78 is 130. The van der Waals surface area contributed by atoms with Crippen LogP contribution in [0.4, 0.5) is 35.1 Å². The molecule has 0 aromatic heterocycles. The van der Waals surface area contributed by atoms with Gasteiger partial charge in [0.25, 0.3) is 0 Å². The second-order valence-corrected chi connectivity index (χ2v) is 7.95. The highest BCUT2D eigenvalue weighted by Gasteiger charge is 2.66. The molecule has 0 saturated carbocycles. The van der Waals surface area contributed by atoms with Crippen LogP contribution in [-0.2, 0) is 10.1 Å². The van der Waals surface area contributed by atoms with Crippen LogP contribution in [0.1, 0.15) is 53.4 Å². The van der Waals surface area contributed by atoms with Crippen LogP contribution in [0.25, 0.3) is 0 Å². The molecule has 0 aliphatic rings. The average molecular weight is 467 g/mol. The molecule has 178 valence electrons. The third kappa shape index (κ3) is 9.33. The van der Waals surface area contributed by atoms with Gasteiger partial charge in [0.2, 0.25) is 0 Å². The molecule has 0 aromatic rings. The van der Waals surface area contributed by atoms with Gasteiger partial charge in [-0.05, 0) is 47.0 Å². The quantitative estimate of drug-likeness (QED) is 0.184. The number of alkyl halides is 8. The van der Waals surface area contributed by atoms with Crippen LogP contribution < -0.4 is 0 Å². The van der Waals surface area contributed by atoms with Crippen molar-refractivity contribution in [2.24, 2.45) is 0 Å². The van der Waals surface area contributed by atoms with Crippen molar-refractivity contribution in [3.05, 3.63) is 0 Å². The van der Waals surface area contributed by atoms with Crippen LogP contribution >= 0.6 is 0 Å². The molecule has 0 N–H and O–H groups in total. The maximum atomic E-state index is 12.9. The first-order chi connectivity index (χ1) is 12.9. The van der Waals surface area contributed by atoms with E-state index in [-0.39, 0.29) is 0 Å². The number of unbranched alkanes of at least 4 members (excludes halogenated alkanes) is 1. The smallest absolute Gasteiger partial charge is 0.399 e. The molecule has 13 heteroatoms. The third-order valence-electron chi connectivity index (χ3n) is 4.95. The summed E-state index contributed by atoms with van der Waals surface area (Å²) in [5.74, 6) is -5.81. The number of hydrogen-bond donors (Lipinski definition) is 0. The lowest BCUT2D eigenvalue weighted by molar-refractivity contribution is -0.921. The minimum atomic E-state index is -6.81. The van der Waals surface area contributed by atoms with Crippen LogP contribution in [0.5, 0.6) is 0 Å². The van der Waals surface area contributed by atoms with Gasteiger partial charge in [-0.25, -0.2) is 12.8 Å². The topological polar surface area (TPSA) is 57.2 Å². The predicted molar refractivity (Wildman–Crippen MR) is 91.4 cm³/mol. The molecule has 0 aliphatic heterocycles. The van der Waals surface area contributed by atoms with Crippen LogP contribution in [0.2, 0.25) is 0 Å². The lowest BCUT2D eigenvalue weighted by atomic mass is 10.1. The summed E-state index contributed by atoms with van der Waals surface area (Å²) >= 11 is 0. The molecule has 0 radical (unpaired) electrons. The van der Waals surface area contributed by atoms with E-state index in [0.717, 1.165) is 0 Å². The van der Waals surface area contributed by atoms with Gasteiger partial charge in [-0.1, -0.05) is 0 Å². The second-order valence-electron chi connectivity index (χ2n) is 6.53. The molecular weight excluding hydrogens is 438 g/mol. The van der Waals surface area contributed by atoms with Crippen molar-refractivity contribution < 1.29 is 52.6 Å². The lowest BCUT2D eigenvalue weighted by Crippen LogP contribution is -2.52. The summed E-state index contributed by atoms with van der Waals surface area (Å²) in [7, 11) is -6.81. The van der Waals surface area contributed by atoms with Gasteiger partial charge >= 0.3 is 17.4 Å². The van der Waals surface area contributed by atoms with Gasteiger partial charge in [0.1, 0.15) is 0 Å². The molecule has 0 aliphatic carbocycles. The number of halogens is 8. The average Bonchev–Trinajstić information content (AvgIpc) is 2.59. The Balaban J connectivity index is 0. The molecule has 0 rings (SSSR count). The Labute approximate surface area is 166 Å². The van der Waals surface area contributed by atoms with Gasteiger partial charge < -0.3 is 9.04 Å². The minimum absolute atomic E-state index is 0.796. The van der Waals surface area contributed by atoms with Crippen LogP contribution in [0.3, 0.4) is 0 Å². The SMILES string of the molecule is CC[N+](CC)(CC)CC.O=S(=O)([O-])C(F)(F)C(F)(F)C(F)CCCCC(F)(F)F. The minimum Gasteiger partial charge on any atom is -0.743 e. The van der Waals surface area contributed by atoms with Gasteiger partial charge in [0, 0.05) is 6.42 Å². The Kier molecular flexibility index (Phi) is 12.2. The number of rotatable bonds is 11.